The smallest absolute Gasteiger partial charge is 0.362 e. The summed E-state index contributed by atoms with van der Waals surface area (Å²) in [5.74, 6) is -3.59. The van der Waals surface area contributed by atoms with Crippen LogP contribution in [0.5, 0.6) is 0 Å². The molecule has 28 heavy (non-hydrogen) atoms. The quantitative estimate of drug-likeness (QED) is 0.639. The molecule has 1 unspecified atom stereocenters. The first-order valence-corrected chi connectivity index (χ1v) is 9.92. The second-order valence-corrected chi connectivity index (χ2v) is 7.97. The number of aliphatic imine (C=N–C) groups is 1. The van der Waals surface area contributed by atoms with Gasteiger partial charge in [0.15, 0.2) is 5.84 Å². The molecule has 2 rings (SSSR count). The number of aliphatic carboxylic acids is 1. The Bertz CT molecular complexity index is 934. The lowest BCUT2D eigenvalue weighted by Crippen LogP contribution is -2.41. The number of halogens is 1. The number of anilines is 1. The van der Waals surface area contributed by atoms with E-state index < -0.39 is 39.9 Å². The molecule has 1 heterocycles. The van der Waals surface area contributed by atoms with E-state index in [2.05, 4.69) is 4.99 Å². The molecule has 0 saturated heterocycles. The van der Waals surface area contributed by atoms with Crippen LogP contribution in [0.1, 0.15) is 18.9 Å². The van der Waals surface area contributed by atoms with Crippen LogP contribution in [0, 0.1) is 5.82 Å². The number of nitrogens with zero attached hydrogens (tertiary/aromatic N) is 3. The first kappa shape index (κ1) is 21.6. The number of ether oxygens (including phenoxy) is 1. The number of rotatable bonds is 7. The highest BCUT2D eigenvalue weighted by Crippen LogP contribution is 2.34. The van der Waals surface area contributed by atoms with Crippen molar-refractivity contribution in [3.63, 3.8) is 0 Å². The van der Waals surface area contributed by atoms with Gasteiger partial charge in [0.25, 0.3) is 5.72 Å². The van der Waals surface area contributed by atoms with Crippen molar-refractivity contribution in [1.29, 1.82) is 0 Å². The number of sulfonamides is 1. The van der Waals surface area contributed by atoms with Crippen molar-refractivity contribution in [2.45, 2.75) is 19.1 Å². The average molecular weight is 417 g/mol. The zero-order chi connectivity index (χ0) is 21.3. The Morgan fingerprint density at radius 3 is 2.61 bits per heavy atom. The summed E-state index contributed by atoms with van der Waals surface area (Å²) in [7, 11) is -1.27. The van der Waals surface area contributed by atoms with E-state index in [1.807, 2.05) is 0 Å². The molecule has 1 atom stereocenters. The van der Waals surface area contributed by atoms with Gasteiger partial charge in [-0.3, -0.25) is 9.10 Å². The summed E-state index contributed by atoms with van der Waals surface area (Å²) in [5, 5.41) is 10.5. The van der Waals surface area contributed by atoms with Crippen LogP contribution in [-0.2, 0) is 29.2 Å². The van der Waals surface area contributed by atoms with Crippen LogP contribution in [-0.4, -0.2) is 69.0 Å². The molecular formula is C16H20FN3O7S. The molecule has 0 bridgehead atoms. The number of benzene rings is 1. The summed E-state index contributed by atoms with van der Waals surface area (Å²) in [6.45, 7) is 1.58. The van der Waals surface area contributed by atoms with Gasteiger partial charge in [0.1, 0.15) is 12.2 Å². The highest BCUT2D eigenvalue weighted by atomic mass is 32.2. The Balaban J connectivity index is 2.63. The molecule has 0 saturated carbocycles. The number of hydrogen-bond acceptors (Lipinski definition) is 8. The predicted octanol–water partition coefficient (Wildman–Crippen LogP) is 0.579. The number of carboxylic acid groups (broad SMARTS) is 1. The highest BCUT2D eigenvalue weighted by molar-refractivity contribution is 7.92. The van der Waals surface area contributed by atoms with Gasteiger partial charge < -0.3 is 9.84 Å². The van der Waals surface area contributed by atoms with E-state index in [-0.39, 0.29) is 23.7 Å². The molecule has 0 aromatic heterocycles. The fraction of sp³-hybridized carbons (Fsp3) is 0.438. The van der Waals surface area contributed by atoms with Crippen molar-refractivity contribution in [3.05, 3.63) is 29.6 Å². The zero-order valence-corrected chi connectivity index (χ0v) is 16.5. The SMILES string of the molecule is CCOC(=O)CC1(C(=O)O)N=C(c2c(F)cccc2N(C)S(C)(=O)=O)N(C)O1. The molecular weight excluding hydrogens is 397 g/mol. The molecule has 0 spiro atoms. The molecule has 0 aliphatic carbocycles. The molecule has 12 heteroatoms. The molecule has 1 N–H and O–H groups in total. The lowest BCUT2D eigenvalue weighted by Gasteiger charge is -2.23. The molecule has 0 amide bonds. The van der Waals surface area contributed by atoms with Gasteiger partial charge in [-0.25, -0.2) is 32.5 Å². The van der Waals surface area contributed by atoms with Gasteiger partial charge >= 0.3 is 11.9 Å². The minimum Gasteiger partial charge on any atom is -0.478 e. The van der Waals surface area contributed by atoms with Crippen LogP contribution in [0.25, 0.3) is 0 Å². The Labute approximate surface area is 161 Å². The zero-order valence-electron chi connectivity index (χ0n) is 15.7. The topological polar surface area (TPSA) is 126 Å². The van der Waals surface area contributed by atoms with Crippen molar-refractivity contribution in [3.8, 4) is 0 Å². The van der Waals surface area contributed by atoms with Crippen LogP contribution < -0.4 is 4.31 Å². The van der Waals surface area contributed by atoms with Gasteiger partial charge in [0, 0.05) is 14.1 Å². The van der Waals surface area contributed by atoms with Crippen LogP contribution in [0.2, 0.25) is 0 Å². The van der Waals surface area contributed by atoms with Crippen molar-refractivity contribution >= 4 is 33.5 Å². The maximum absolute atomic E-state index is 14.6. The fourth-order valence-corrected chi connectivity index (χ4v) is 3.07. The number of hydrogen-bond donors (Lipinski definition) is 1. The minimum atomic E-state index is -3.75. The molecule has 10 nitrogen and oxygen atoms in total. The molecule has 0 radical (unpaired) electrons. The monoisotopic (exact) mass is 417 g/mol. The van der Waals surface area contributed by atoms with Crippen LogP contribution in [0.3, 0.4) is 0 Å². The van der Waals surface area contributed by atoms with E-state index in [0.29, 0.717) is 0 Å². The first-order chi connectivity index (χ1) is 12.9. The number of carboxylic acids is 1. The van der Waals surface area contributed by atoms with Crippen molar-refractivity contribution in [2.75, 3.05) is 31.3 Å². The average Bonchev–Trinajstić information content (AvgIpc) is 2.90. The molecule has 1 aromatic carbocycles. The number of amidine groups is 1. The maximum atomic E-state index is 14.6. The van der Waals surface area contributed by atoms with E-state index in [9.17, 15) is 27.5 Å². The Kier molecular flexibility index (Phi) is 5.94. The van der Waals surface area contributed by atoms with Gasteiger partial charge in [-0.05, 0) is 19.1 Å². The second kappa shape index (κ2) is 7.72. The normalized spacial score (nSPS) is 19.3. The van der Waals surface area contributed by atoms with Crippen LogP contribution >= 0.6 is 0 Å². The van der Waals surface area contributed by atoms with Crippen LogP contribution in [0.15, 0.2) is 23.2 Å². The summed E-state index contributed by atoms with van der Waals surface area (Å²) >= 11 is 0. The van der Waals surface area contributed by atoms with Crippen molar-refractivity contribution < 1.29 is 37.1 Å². The molecule has 154 valence electrons. The summed E-state index contributed by atoms with van der Waals surface area (Å²) in [4.78, 5) is 32.8. The highest BCUT2D eigenvalue weighted by Gasteiger charge is 2.50. The van der Waals surface area contributed by atoms with E-state index >= 15 is 0 Å². The molecule has 0 fully saturated rings. The van der Waals surface area contributed by atoms with E-state index in [1.54, 1.807) is 6.92 Å². The number of hydroxylamine groups is 2. The summed E-state index contributed by atoms with van der Waals surface area (Å²) in [6, 6.07) is 3.70. The van der Waals surface area contributed by atoms with Gasteiger partial charge in [-0.15, -0.1) is 0 Å². The van der Waals surface area contributed by atoms with E-state index in [4.69, 9.17) is 9.57 Å². The van der Waals surface area contributed by atoms with Crippen molar-refractivity contribution in [2.24, 2.45) is 4.99 Å². The van der Waals surface area contributed by atoms with Gasteiger partial charge in [-0.1, -0.05) is 6.07 Å². The van der Waals surface area contributed by atoms with Crippen molar-refractivity contribution in [1.82, 2.24) is 5.06 Å². The Morgan fingerprint density at radius 2 is 2.07 bits per heavy atom. The van der Waals surface area contributed by atoms with Crippen LogP contribution in [0.4, 0.5) is 10.1 Å². The number of carbonyl (C=O) groups excluding carboxylic acids is 1. The predicted molar refractivity (Wildman–Crippen MR) is 96.6 cm³/mol. The molecule has 1 aliphatic rings. The molecule has 1 aliphatic heterocycles. The number of carbonyl (C=O) groups is 2. The summed E-state index contributed by atoms with van der Waals surface area (Å²) < 4.78 is 44.0. The van der Waals surface area contributed by atoms with E-state index in [0.717, 1.165) is 21.7 Å². The third kappa shape index (κ3) is 4.07. The van der Waals surface area contributed by atoms with Gasteiger partial charge in [0.2, 0.25) is 10.0 Å². The standard InChI is InChI=1S/C16H20FN3O7S/c1-5-26-12(21)9-16(15(22)23)18-14(19(2)27-16)13-10(17)7-6-8-11(13)20(3)28(4,24)25/h6-8H,5,9H2,1-4H3,(H,22,23). The summed E-state index contributed by atoms with van der Waals surface area (Å²) in [5.41, 5.74) is -2.72. The lowest BCUT2D eigenvalue weighted by molar-refractivity contribution is -0.203. The maximum Gasteiger partial charge on any atom is 0.362 e. The fourth-order valence-electron chi connectivity index (χ4n) is 2.56. The second-order valence-electron chi connectivity index (χ2n) is 5.96. The Morgan fingerprint density at radius 1 is 1.43 bits per heavy atom. The third-order valence-corrected chi connectivity index (χ3v) is 5.14. The van der Waals surface area contributed by atoms with Gasteiger partial charge in [0.05, 0.1) is 24.1 Å². The largest absolute Gasteiger partial charge is 0.478 e. The minimum absolute atomic E-state index is 0.0254. The lowest BCUT2D eigenvalue weighted by atomic mass is 10.1. The molecule has 1 aromatic rings. The first-order valence-electron chi connectivity index (χ1n) is 8.07. The Hall–Kier alpha value is -2.73. The van der Waals surface area contributed by atoms with E-state index in [1.165, 1.54) is 26.2 Å². The third-order valence-electron chi connectivity index (χ3n) is 3.95. The van der Waals surface area contributed by atoms with Gasteiger partial charge in [-0.2, -0.15) is 0 Å². The number of esters is 1. The summed E-state index contributed by atoms with van der Waals surface area (Å²) in [6.07, 6.45) is 0.177.